The van der Waals surface area contributed by atoms with Crippen molar-refractivity contribution < 1.29 is 27.9 Å². The molecule has 0 bridgehead atoms. The second-order valence-electron chi connectivity index (χ2n) is 7.96. The summed E-state index contributed by atoms with van der Waals surface area (Å²) in [5, 5.41) is 2.60. The number of nitrogens with zero attached hydrogens (tertiary/aromatic N) is 1. The van der Waals surface area contributed by atoms with Gasteiger partial charge in [-0.05, 0) is 30.5 Å². The van der Waals surface area contributed by atoms with E-state index in [0.717, 1.165) is 17.7 Å². The molecule has 2 aromatic carbocycles. The number of benzene rings is 2. The van der Waals surface area contributed by atoms with Crippen LogP contribution in [0.4, 0.5) is 8.78 Å². The van der Waals surface area contributed by atoms with E-state index in [0.29, 0.717) is 18.6 Å². The van der Waals surface area contributed by atoms with Crippen molar-refractivity contribution in [2.75, 3.05) is 20.3 Å². The van der Waals surface area contributed by atoms with E-state index in [1.807, 2.05) is 19.1 Å². The zero-order valence-corrected chi connectivity index (χ0v) is 18.1. The number of likely N-dealkylation sites (tertiary alicyclic amines) is 1. The fourth-order valence-corrected chi connectivity index (χ4v) is 4.14. The molecular weight excluding hydrogens is 418 g/mol. The molecule has 0 saturated carbocycles. The minimum Gasteiger partial charge on any atom is -0.385 e. The summed E-state index contributed by atoms with van der Waals surface area (Å²) in [5.41, 5.74) is 0.209. The van der Waals surface area contributed by atoms with Gasteiger partial charge in [0.15, 0.2) is 0 Å². The fourth-order valence-electron chi connectivity index (χ4n) is 4.14. The van der Waals surface area contributed by atoms with Gasteiger partial charge >= 0.3 is 0 Å². The molecule has 3 rings (SSSR count). The molecule has 1 aliphatic rings. The monoisotopic (exact) mass is 444 g/mol. The summed E-state index contributed by atoms with van der Waals surface area (Å²) in [5.74, 6) is -2.74. The van der Waals surface area contributed by atoms with Crippen LogP contribution in [0.1, 0.15) is 36.0 Å². The topological polar surface area (TPSA) is 75.7 Å². The molecular formula is C24H26F2N2O4. The minimum absolute atomic E-state index is 0.123. The summed E-state index contributed by atoms with van der Waals surface area (Å²) in [6.07, 6.45) is 0.113. The number of methoxy groups -OCH3 is 1. The molecule has 8 heteroatoms. The molecule has 6 nitrogen and oxygen atoms in total. The van der Waals surface area contributed by atoms with Crippen LogP contribution in [0.2, 0.25) is 0 Å². The number of ether oxygens (including phenoxy) is 1. The first-order valence-electron chi connectivity index (χ1n) is 10.4. The Kier molecular flexibility index (Phi) is 7.35. The first kappa shape index (κ1) is 23.5. The van der Waals surface area contributed by atoms with Gasteiger partial charge in [0.1, 0.15) is 11.6 Å². The Morgan fingerprint density at radius 1 is 1.19 bits per heavy atom. The SMILES string of the molecule is COCCCN1C(=O)CC(CC(=O)NCc2ccc(F)cc2F)(c2ccccc2C)C1=O. The minimum atomic E-state index is -1.33. The van der Waals surface area contributed by atoms with Crippen molar-refractivity contribution in [2.24, 2.45) is 0 Å². The lowest BCUT2D eigenvalue weighted by molar-refractivity contribution is -0.141. The van der Waals surface area contributed by atoms with E-state index < -0.39 is 28.9 Å². The third kappa shape index (κ3) is 4.85. The van der Waals surface area contributed by atoms with Gasteiger partial charge in [0.05, 0.1) is 5.41 Å². The lowest BCUT2D eigenvalue weighted by Crippen LogP contribution is -2.43. The van der Waals surface area contributed by atoms with Gasteiger partial charge in [-0.2, -0.15) is 0 Å². The number of hydrogen-bond donors (Lipinski definition) is 1. The summed E-state index contributed by atoms with van der Waals surface area (Å²) in [6.45, 7) is 2.28. The third-order valence-corrected chi connectivity index (χ3v) is 5.75. The average molecular weight is 444 g/mol. The summed E-state index contributed by atoms with van der Waals surface area (Å²) in [6, 6.07) is 10.3. The van der Waals surface area contributed by atoms with Gasteiger partial charge in [-0.1, -0.05) is 30.3 Å². The normalized spacial score (nSPS) is 18.3. The number of hydrogen-bond acceptors (Lipinski definition) is 4. The first-order chi connectivity index (χ1) is 15.3. The maximum atomic E-state index is 13.9. The Labute approximate surface area is 185 Å². The van der Waals surface area contributed by atoms with Gasteiger partial charge in [0, 0.05) is 51.3 Å². The summed E-state index contributed by atoms with van der Waals surface area (Å²) in [4.78, 5) is 40.3. The van der Waals surface area contributed by atoms with Crippen LogP contribution in [0.3, 0.4) is 0 Å². The number of imide groups is 1. The molecule has 1 saturated heterocycles. The van der Waals surface area contributed by atoms with Crippen molar-refractivity contribution in [2.45, 2.75) is 38.1 Å². The summed E-state index contributed by atoms with van der Waals surface area (Å²) < 4.78 is 32.0. The Morgan fingerprint density at radius 2 is 1.94 bits per heavy atom. The van der Waals surface area contributed by atoms with E-state index in [2.05, 4.69) is 5.32 Å². The van der Waals surface area contributed by atoms with Gasteiger partial charge in [0.25, 0.3) is 0 Å². The molecule has 0 aromatic heterocycles. The molecule has 1 unspecified atom stereocenters. The lowest BCUT2D eigenvalue weighted by Gasteiger charge is -2.28. The van der Waals surface area contributed by atoms with E-state index in [1.54, 1.807) is 19.2 Å². The Balaban J connectivity index is 1.84. The highest BCUT2D eigenvalue weighted by Gasteiger charge is 2.53. The molecule has 170 valence electrons. The lowest BCUT2D eigenvalue weighted by atomic mass is 9.74. The van der Waals surface area contributed by atoms with Crippen molar-refractivity contribution in [1.29, 1.82) is 0 Å². The standard InChI is InChI=1S/C24H26F2N2O4/c1-16-6-3-4-7-19(16)24(14-22(30)28(23(24)31)10-5-11-32-2)13-21(29)27-15-17-8-9-18(25)12-20(17)26/h3-4,6-9,12H,5,10-11,13-15H2,1-2H3,(H,27,29). The maximum Gasteiger partial charge on any atom is 0.240 e. The molecule has 1 N–H and O–H groups in total. The van der Waals surface area contributed by atoms with Crippen molar-refractivity contribution in [3.8, 4) is 0 Å². The smallest absolute Gasteiger partial charge is 0.240 e. The molecule has 1 atom stereocenters. The second kappa shape index (κ2) is 9.99. The van der Waals surface area contributed by atoms with Crippen molar-refractivity contribution in [3.05, 3.63) is 70.8 Å². The highest BCUT2D eigenvalue weighted by Crippen LogP contribution is 2.41. The van der Waals surface area contributed by atoms with Crippen molar-refractivity contribution in [3.63, 3.8) is 0 Å². The van der Waals surface area contributed by atoms with Crippen LogP contribution in [0, 0.1) is 18.6 Å². The zero-order chi connectivity index (χ0) is 23.3. The number of nitrogens with one attached hydrogen (secondary N) is 1. The number of halogens is 2. The predicted octanol–water partition coefficient (Wildman–Crippen LogP) is 3.01. The third-order valence-electron chi connectivity index (χ3n) is 5.75. The summed E-state index contributed by atoms with van der Waals surface area (Å²) in [7, 11) is 1.54. The fraction of sp³-hybridized carbons (Fsp3) is 0.375. The van der Waals surface area contributed by atoms with E-state index in [9.17, 15) is 23.2 Å². The van der Waals surface area contributed by atoms with Crippen LogP contribution < -0.4 is 5.32 Å². The van der Waals surface area contributed by atoms with Gasteiger partial charge in [-0.3, -0.25) is 19.3 Å². The molecule has 0 radical (unpaired) electrons. The highest BCUT2D eigenvalue weighted by molar-refractivity contribution is 6.10. The zero-order valence-electron chi connectivity index (χ0n) is 18.1. The second-order valence-corrected chi connectivity index (χ2v) is 7.96. The van der Waals surface area contributed by atoms with Crippen LogP contribution in [0.5, 0.6) is 0 Å². The van der Waals surface area contributed by atoms with E-state index >= 15 is 0 Å². The van der Waals surface area contributed by atoms with E-state index in [4.69, 9.17) is 4.74 Å². The molecule has 1 heterocycles. The van der Waals surface area contributed by atoms with Crippen molar-refractivity contribution in [1.82, 2.24) is 10.2 Å². The van der Waals surface area contributed by atoms with Gasteiger partial charge in [-0.25, -0.2) is 8.78 Å². The van der Waals surface area contributed by atoms with Gasteiger partial charge in [0.2, 0.25) is 17.7 Å². The van der Waals surface area contributed by atoms with Gasteiger partial charge < -0.3 is 10.1 Å². The largest absolute Gasteiger partial charge is 0.385 e. The average Bonchev–Trinajstić information content (AvgIpc) is 2.98. The number of carbonyl (C=O) groups is 3. The van der Waals surface area contributed by atoms with Crippen LogP contribution in [-0.4, -0.2) is 42.9 Å². The predicted molar refractivity (Wildman–Crippen MR) is 114 cm³/mol. The van der Waals surface area contributed by atoms with E-state index in [1.165, 1.54) is 11.0 Å². The molecule has 3 amide bonds. The molecule has 1 fully saturated rings. The Bertz CT molecular complexity index is 1030. The quantitative estimate of drug-likeness (QED) is 0.477. The maximum absolute atomic E-state index is 13.9. The molecule has 1 aliphatic heterocycles. The molecule has 0 aliphatic carbocycles. The molecule has 2 aromatic rings. The highest BCUT2D eigenvalue weighted by atomic mass is 19.1. The molecule has 0 spiro atoms. The summed E-state index contributed by atoms with van der Waals surface area (Å²) >= 11 is 0. The van der Waals surface area contributed by atoms with Crippen molar-refractivity contribution >= 4 is 17.7 Å². The van der Waals surface area contributed by atoms with Crippen LogP contribution >= 0.6 is 0 Å². The number of aryl methyl sites for hydroxylation is 1. The number of amides is 3. The number of carbonyl (C=O) groups excluding carboxylic acids is 3. The number of rotatable bonds is 9. The van der Waals surface area contributed by atoms with Crippen LogP contribution in [0.15, 0.2) is 42.5 Å². The molecule has 32 heavy (non-hydrogen) atoms. The van der Waals surface area contributed by atoms with Gasteiger partial charge in [-0.15, -0.1) is 0 Å². The van der Waals surface area contributed by atoms with E-state index in [-0.39, 0.29) is 37.4 Å². The van der Waals surface area contributed by atoms with Crippen LogP contribution in [-0.2, 0) is 31.1 Å². The first-order valence-corrected chi connectivity index (χ1v) is 10.4. The Hall–Kier alpha value is -3.13. The van der Waals surface area contributed by atoms with Crippen LogP contribution in [0.25, 0.3) is 0 Å². The Morgan fingerprint density at radius 3 is 2.62 bits per heavy atom.